The molecule has 164 valence electrons. The van der Waals surface area contributed by atoms with Gasteiger partial charge in [-0.2, -0.15) is 0 Å². The minimum atomic E-state index is -0.313. The van der Waals surface area contributed by atoms with Gasteiger partial charge < -0.3 is 15.1 Å². The molecule has 3 aromatic rings. The third-order valence-corrected chi connectivity index (χ3v) is 4.86. The highest BCUT2D eigenvalue weighted by molar-refractivity contribution is 6.03. The van der Waals surface area contributed by atoms with Crippen LogP contribution in [0.5, 0.6) is 0 Å². The number of nitrogens with zero attached hydrogens (tertiary/aromatic N) is 4. The molecule has 1 N–H and O–H groups in total. The molecule has 2 amide bonds. The van der Waals surface area contributed by atoms with Crippen LogP contribution in [0, 0.1) is 6.92 Å². The molecule has 2 aromatic carbocycles. The Labute approximate surface area is 185 Å². The number of aromatic nitrogens is 2. The maximum absolute atomic E-state index is 12.7. The van der Waals surface area contributed by atoms with Gasteiger partial charge in [0.15, 0.2) is 0 Å². The van der Waals surface area contributed by atoms with Crippen LogP contribution in [0.2, 0.25) is 0 Å². The monoisotopic (exact) mass is 421 g/mol. The Hall–Kier alpha value is -3.58. The van der Waals surface area contributed by atoms with Crippen LogP contribution in [0.1, 0.15) is 29.4 Å². The topological polar surface area (TPSA) is 78.4 Å². The van der Waals surface area contributed by atoms with Gasteiger partial charge in [0.05, 0.1) is 17.6 Å². The lowest BCUT2D eigenvalue weighted by atomic mass is 10.1. The summed E-state index contributed by atoms with van der Waals surface area (Å²) in [6, 6.07) is 16.4. The van der Waals surface area contributed by atoms with E-state index in [4.69, 9.17) is 0 Å². The lowest BCUT2D eigenvalue weighted by Crippen LogP contribution is -2.33. The summed E-state index contributed by atoms with van der Waals surface area (Å²) in [5, 5.41) is 2.84. The van der Waals surface area contributed by atoms with E-state index in [0.717, 1.165) is 12.1 Å². The van der Waals surface area contributed by atoms with Gasteiger partial charge >= 0.3 is 0 Å². The second-order valence-corrected chi connectivity index (χ2v) is 7.62. The molecule has 0 aliphatic heterocycles. The lowest BCUT2D eigenvalue weighted by Gasteiger charge is -2.19. The highest BCUT2D eigenvalue weighted by atomic mass is 16.2. The van der Waals surface area contributed by atoms with Crippen molar-refractivity contribution in [3.8, 4) is 11.3 Å². The first-order chi connectivity index (χ1) is 14.8. The Bertz CT molecular complexity index is 1060. The van der Waals surface area contributed by atoms with Gasteiger partial charge in [-0.15, -0.1) is 0 Å². The predicted octanol–water partition coefficient (Wildman–Crippen LogP) is 3.83. The number of hydrogen-bond donors (Lipinski definition) is 1. The summed E-state index contributed by atoms with van der Waals surface area (Å²) in [7, 11) is 5.75. The minimum Gasteiger partial charge on any atom is -0.340 e. The molecule has 7 heteroatoms. The average Bonchev–Trinajstić information content (AvgIpc) is 2.78. The second-order valence-electron chi connectivity index (χ2n) is 7.62. The van der Waals surface area contributed by atoms with Crippen molar-refractivity contribution in [2.24, 2.45) is 0 Å². The van der Waals surface area contributed by atoms with E-state index < -0.39 is 0 Å². The Kier molecular flexibility index (Phi) is 7.10. The molecule has 0 fully saturated rings. The SMILES string of the molecule is Cc1ncc(-c2ccc(C(=O)N(C)CCN(C)C)cc2)nc1C(=O)Nc1ccccc1.[HH].[HH]. The summed E-state index contributed by atoms with van der Waals surface area (Å²) in [6.07, 6.45) is 1.63. The van der Waals surface area contributed by atoms with E-state index in [1.54, 1.807) is 37.2 Å². The van der Waals surface area contributed by atoms with Gasteiger partial charge in [0, 0.05) is 39.8 Å². The van der Waals surface area contributed by atoms with E-state index in [1.165, 1.54) is 0 Å². The molecule has 0 spiro atoms. The molecular weight excluding hydrogens is 390 g/mol. The Morgan fingerprint density at radius 2 is 1.65 bits per heavy atom. The summed E-state index contributed by atoms with van der Waals surface area (Å²) in [4.78, 5) is 37.9. The Morgan fingerprint density at radius 1 is 0.968 bits per heavy atom. The number of rotatable bonds is 7. The zero-order chi connectivity index (χ0) is 22.4. The van der Waals surface area contributed by atoms with Crippen LogP contribution in [-0.4, -0.2) is 65.8 Å². The van der Waals surface area contributed by atoms with Crippen molar-refractivity contribution in [3.63, 3.8) is 0 Å². The first kappa shape index (κ1) is 22.1. The van der Waals surface area contributed by atoms with E-state index >= 15 is 0 Å². The standard InChI is InChI=1S/C24H27N5O2.2H2/c1-17-22(23(30)26-20-8-6-5-7-9-20)27-21(16-25-17)18-10-12-19(13-11-18)24(31)29(4)15-14-28(2)3;;/h5-13,16H,14-15H2,1-4H3,(H,26,30);2*1H. The molecule has 0 unspecified atom stereocenters. The number of hydrogen-bond acceptors (Lipinski definition) is 5. The number of amides is 2. The normalized spacial score (nSPS) is 10.7. The average molecular weight is 422 g/mol. The van der Waals surface area contributed by atoms with Crippen LogP contribution in [0.4, 0.5) is 5.69 Å². The maximum Gasteiger partial charge on any atom is 0.276 e. The molecule has 0 atom stereocenters. The molecule has 0 bridgehead atoms. The second kappa shape index (κ2) is 9.95. The zero-order valence-corrected chi connectivity index (χ0v) is 18.3. The molecule has 0 aliphatic carbocycles. The molecule has 1 aromatic heterocycles. The van der Waals surface area contributed by atoms with Crippen LogP contribution in [0.3, 0.4) is 0 Å². The number of likely N-dealkylation sites (N-methyl/N-ethyl adjacent to an activating group) is 2. The maximum atomic E-state index is 12.7. The van der Waals surface area contributed by atoms with Crippen LogP contribution >= 0.6 is 0 Å². The predicted molar refractivity (Wildman–Crippen MR) is 126 cm³/mol. The van der Waals surface area contributed by atoms with E-state index in [0.29, 0.717) is 29.2 Å². The van der Waals surface area contributed by atoms with Gasteiger partial charge in [-0.3, -0.25) is 14.6 Å². The fourth-order valence-electron chi connectivity index (χ4n) is 2.97. The molecular formula is C24H31N5O2. The van der Waals surface area contributed by atoms with Crippen molar-refractivity contribution in [3.05, 3.63) is 77.7 Å². The van der Waals surface area contributed by atoms with E-state index in [1.807, 2.05) is 61.5 Å². The highest BCUT2D eigenvalue weighted by Gasteiger charge is 2.15. The van der Waals surface area contributed by atoms with E-state index in [9.17, 15) is 9.59 Å². The smallest absolute Gasteiger partial charge is 0.276 e. The summed E-state index contributed by atoms with van der Waals surface area (Å²) in [5.41, 5.74) is 3.47. The minimum absolute atomic E-state index is 0. The fourth-order valence-corrected chi connectivity index (χ4v) is 2.97. The Balaban J connectivity index is 0.00000272. The van der Waals surface area contributed by atoms with Gasteiger partial charge in [0.2, 0.25) is 0 Å². The molecule has 0 aliphatic rings. The van der Waals surface area contributed by atoms with Crippen LogP contribution in [0.15, 0.2) is 60.8 Å². The van der Waals surface area contributed by atoms with Crippen LogP contribution in [0.25, 0.3) is 11.3 Å². The molecule has 3 rings (SSSR count). The van der Waals surface area contributed by atoms with Crippen molar-refractivity contribution in [1.82, 2.24) is 19.8 Å². The summed E-state index contributed by atoms with van der Waals surface area (Å²) in [6.45, 7) is 3.20. The quantitative estimate of drug-likeness (QED) is 0.627. The van der Waals surface area contributed by atoms with Gasteiger partial charge in [-0.05, 0) is 45.3 Å². The van der Waals surface area contributed by atoms with Gasteiger partial charge in [-0.1, -0.05) is 30.3 Å². The van der Waals surface area contributed by atoms with Crippen LogP contribution in [-0.2, 0) is 0 Å². The number of nitrogens with one attached hydrogen (secondary N) is 1. The first-order valence-corrected chi connectivity index (χ1v) is 10.1. The zero-order valence-electron chi connectivity index (χ0n) is 18.3. The summed E-state index contributed by atoms with van der Waals surface area (Å²) in [5.74, 6) is -0.348. The third kappa shape index (κ3) is 5.73. The van der Waals surface area contributed by atoms with Crippen molar-refractivity contribution in [2.45, 2.75) is 6.92 Å². The van der Waals surface area contributed by atoms with Crippen molar-refractivity contribution >= 4 is 17.5 Å². The van der Waals surface area contributed by atoms with Crippen molar-refractivity contribution in [2.75, 3.05) is 39.5 Å². The molecule has 0 saturated carbocycles. The highest BCUT2D eigenvalue weighted by Crippen LogP contribution is 2.19. The van der Waals surface area contributed by atoms with Crippen molar-refractivity contribution < 1.29 is 12.4 Å². The molecule has 31 heavy (non-hydrogen) atoms. The summed E-state index contributed by atoms with van der Waals surface area (Å²) >= 11 is 0. The van der Waals surface area contributed by atoms with E-state index in [2.05, 4.69) is 15.3 Å². The Morgan fingerprint density at radius 3 is 2.29 bits per heavy atom. The van der Waals surface area contributed by atoms with Gasteiger partial charge in [0.25, 0.3) is 11.8 Å². The number of aryl methyl sites for hydroxylation is 1. The number of carbonyl (C=O) groups is 2. The lowest BCUT2D eigenvalue weighted by molar-refractivity contribution is 0.0786. The number of carbonyl (C=O) groups excluding carboxylic acids is 2. The van der Waals surface area contributed by atoms with Gasteiger partial charge in [0.1, 0.15) is 5.69 Å². The number of para-hydroxylation sites is 1. The molecule has 0 radical (unpaired) electrons. The van der Waals surface area contributed by atoms with Gasteiger partial charge in [-0.25, -0.2) is 4.98 Å². The van der Waals surface area contributed by atoms with E-state index in [-0.39, 0.29) is 20.4 Å². The number of benzene rings is 2. The number of anilines is 1. The molecule has 1 heterocycles. The largest absolute Gasteiger partial charge is 0.340 e. The first-order valence-electron chi connectivity index (χ1n) is 10.1. The fraction of sp³-hybridized carbons (Fsp3) is 0.250. The van der Waals surface area contributed by atoms with Crippen LogP contribution < -0.4 is 5.32 Å². The third-order valence-electron chi connectivity index (χ3n) is 4.86. The molecule has 0 saturated heterocycles. The van der Waals surface area contributed by atoms with Crippen molar-refractivity contribution in [1.29, 1.82) is 0 Å². The summed E-state index contributed by atoms with van der Waals surface area (Å²) < 4.78 is 0. The molecule has 7 nitrogen and oxygen atoms in total.